The Morgan fingerprint density at radius 3 is 2.00 bits per heavy atom. The van der Waals surface area contributed by atoms with Crippen molar-refractivity contribution in [2.24, 2.45) is 11.3 Å². The highest BCUT2D eigenvalue weighted by molar-refractivity contribution is 5.75. The van der Waals surface area contributed by atoms with Gasteiger partial charge in [-0.05, 0) is 32.1 Å². The molecule has 0 bridgehead atoms. The summed E-state index contributed by atoms with van der Waals surface area (Å²) in [6, 6.07) is 0. The normalized spacial score (nSPS) is 14.9. The number of nitrogens with one attached hydrogen (secondary N) is 1. The zero-order valence-electron chi connectivity index (χ0n) is 11.1. The predicted molar refractivity (Wildman–Crippen MR) is 62.2 cm³/mol. The molecule has 0 aliphatic carbocycles. The van der Waals surface area contributed by atoms with Gasteiger partial charge in [0.05, 0.1) is 5.60 Å². The van der Waals surface area contributed by atoms with Gasteiger partial charge in [0, 0.05) is 6.42 Å². The van der Waals surface area contributed by atoms with Crippen molar-refractivity contribution in [2.75, 3.05) is 0 Å². The lowest BCUT2D eigenvalue weighted by molar-refractivity contribution is -0.147. The van der Waals surface area contributed by atoms with E-state index in [4.69, 9.17) is 4.84 Å². The molecular formula is C12H25NO2. The van der Waals surface area contributed by atoms with E-state index in [-0.39, 0.29) is 16.9 Å². The lowest BCUT2D eigenvalue weighted by Gasteiger charge is -2.27. The Morgan fingerprint density at radius 2 is 1.67 bits per heavy atom. The molecule has 1 amide bonds. The minimum atomic E-state index is -0.333. The first kappa shape index (κ1) is 14.4. The topological polar surface area (TPSA) is 38.3 Å². The van der Waals surface area contributed by atoms with Gasteiger partial charge in [-0.25, -0.2) is 5.48 Å². The SMILES string of the molecule is CC(CC(=O)NOC(C)(C)C)C(C)(C)C. The van der Waals surface area contributed by atoms with E-state index >= 15 is 0 Å². The molecule has 0 spiro atoms. The van der Waals surface area contributed by atoms with E-state index in [1.807, 2.05) is 20.8 Å². The summed E-state index contributed by atoms with van der Waals surface area (Å²) in [4.78, 5) is 16.7. The molecule has 15 heavy (non-hydrogen) atoms. The van der Waals surface area contributed by atoms with Crippen LogP contribution in [0.15, 0.2) is 0 Å². The zero-order valence-corrected chi connectivity index (χ0v) is 11.1. The van der Waals surface area contributed by atoms with Crippen molar-refractivity contribution in [1.29, 1.82) is 0 Å². The average Bonchev–Trinajstić information content (AvgIpc) is 1.97. The van der Waals surface area contributed by atoms with Crippen LogP contribution >= 0.6 is 0 Å². The summed E-state index contributed by atoms with van der Waals surface area (Å²) >= 11 is 0. The number of hydrogen-bond donors (Lipinski definition) is 1. The highest BCUT2D eigenvalue weighted by Gasteiger charge is 2.23. The second-order valence-electron chi connectivity index (χ2n) is 6.21. The smallest absolute Gasteiger partial charge is 0.243 e. The van der Waals surface area contributed by atoms with E-state index in [1.165, 1.54) is 0 Å². The van der Waals surface area contributed by atoms with Gasteiger partial charge in [-0.15, -0.1) is 0 Å². The fourth-order valence-electron chi connectivity index (χ4n) is 0.836. The summed E-state index contributed by atoms with van der Waals surface area (Å²) in [5.41, 5.74) is 2.31. The molecule has 90 valence electrons. The van der Waals surface area contributed by atoms with E-state index in [0.29, 0.717) is 12.3 Å². The van der Waals surface area contributed by atoms with Crippen molar-refractivity contribution < 1.29 is 9.63 Å². The maximum Gasteiger partial charge on any atom is 0.243 e. The molecule has 1 atom stereocenters. The lowest BCUT2D eigenvalue weighted by Crippen LogP contribution is -2.35. The van der Waals surface area contributed by atoms with Gasteiger partial charge < -0.3 is 0 Å². The van der Waals surface area contributed by atoms with Crippen molar-refractivity contribution >= 4 is 5.91 Å². The number of hydrogen-bond acceptors (Lipinski definition) is 2. The summed E-state index contributed by atoms with van der Waals surface area (Å²) < 4.78 is 0. The van der Waals surface area contributed by atoms with Gasteiger partial charge in [0.2, 0.25) is 5.91 Å². The van der Waals surface area contributed by atoms with Crippen LogP contribution in [0.3, 0.4) is 0 Å². The van der Waals surface area contributed by atoms with Gasteiger partial charge >= 0.3 is 0 Å². The molecule has 0 saturated heterocycles. The Labute approximate surface area is 93.5 Å². The molecule has 3 nitrogen and oxygen atoms in total. The highest BCUT2D eigenvalue weighted by atomic mass is 16.7. The average molecular weight is 215 g/mol. The Kier molecular flexibility index (Phi) is 4.78. The van der Waals surface area contributed by atoms with Crippen molar-refractivity contribution in [3.63, 3.8) is 0 Å². The first-order valence-electron chi connectivity index (χ1n) is 5.49. The first-order chi connectivity index (χ1) is 6.52. The molecule has 1 N–H and O–H groups in total. The van der Waals surface area contributed by atoms with Crippen LogP contribution in [0.5, 0.6) is 0 Å². The van der Waals surface area contributed by atoms with Gasteiger partial charge in [-0.3, -0.25) is 9.63 Å². The molecular weight excluding hydrogens is 190 g/mol. The monoisotopic (exact) mass is 215 g/mol. The van der Waals surface area contributed by atoms with Gasteiger partial charge in [-0.1, -0.05) is 27.7 Å². The third-order valence-corrected chi connectivity index (χ3v) is 2.44. The second-order valence-corrected chi connectivity index (χ2v) is 6.21. The summed E-state index contributed by atoms with van der Waals surface area (Å²) in [5.74, 6) is 0.286. The maximum atomic E-state index is 11.5. The molecule has 1 unspecified atom stereocenters. The molecule has 0 aliphatic heterocycles. The number of hydroxylamine groups is 1. The molecule has 0 heterocycles. The molecule has 0 rings (SSSR count). The van der Waals surface area contributed by atoms with Crippen LogP contribution in [0.1, 0.15) is 54.9 Å². The quantitative estimate of drug-likeness (QED) is 0.735. The minimum Gasteiger partial charge on any atom is -0.273 e. The predicted octanol–water partition coefficient (Wildman–Crippen LogP) is 2.91. The maximum absolute atomic E-state index is 11.5. The van der Waals surface area contributed by atoms with Crippen LogP contribution in [0, 0.1) is 11.3 Å². The van der Waals surface area contributed by atoms with Crippen molar-refractivity contribution in [3.05, 3.63) is 0 Å². The molecule has 0 saturated carbocycles. The van der Waals surface area contributed by atoms with Crippen molar-refractivity contribution in [1.82, 2.24) is 5.48 Å². The second kappa shape index (κ2) is 4.97. The largest absolute Gasteiger partial charge is 0.273 e. The van der Waals surface area contributed by atoms with Gasteiger partial charge in [0.15, 0.2) is 0 Å². The zero-order chi connectivity index (χ0) is 12.3. The van der Waals surface area contributed by atoms with Crippen LogP contribution in [0.25, 0.3) is 0 Å². The first-order valence-corrected chi connectivity index (χ1v) is 5.49. The summed E-state index contributed by atoms with van der Waals surface area (Å²) in [6.45, 7) is 14.2. The third kappa shape index (κ3) is 7.37. The summed E-state index contributed by atoms with van der Waals surface area (Å²) in [7, 11) is 0. The van der Waals surface area contributed by atoms with Gasteiger partial charge in [0.25, 0.3) is 0 Å². The fourth-order valence-corrected chi connectivity index (χ4v) is 0.836. The Balaban J connectivity index is 3.96. The van der Waals surface area contributed by atoms with Crippen molar-refractivity contribution in [2.45, 2.75) is 60.5 Å². The Hall–Kier alpha value is -0.570. The van der Waals surface area contributed by atoms with E-state index in [0.717, 1.165) is 0 Å². The van der Waals surface area contributed by atoms with E-state index in [9.17, 15) is 4.79 Å². The van der Waals surface area contributed by atoms with Crippen LogP contribution in [-0.2, 0) is 9.63 Å². The molecule has 0 aliphatic rings. The third-order valence-electron chi connectivity index (χ3n) is 2.44. The van der Waals surface area contributed by atoms with Crippen LogP contribution in [0.4, 0.5) is 0 Å². The Morgan fingerprint density at radius 1 is 1.20 bits per heavy atom. The molecule has 3 heteroatoms. The van der Waals surface area contributed by atoms with Crippen LogP contribution in [0.2, 0.25) is 0 Å². The standard InChI is InChI=1S/C12H25NO2/c1-9(11(2,3)4)8-10(14)13-15-12(5,6)7/h9H,8H2,1-7H3,(H,13,14). The van der Waals surface area contributed by atoms with E-state index < -0.39 is 0 Å². The van der Waals surface area contributed by atoms with Crippen LogP contribution in [-0.4, -0.2) is 11.5 Å². The number of amides is 1. The molecule has 0 aromatic rings. The summed E-state index contributed by atoms with van der Waals surface area (Å²) in [6.07, 6.45) is 0.500. The molecule has 0 fully saturated rings. The number of carbonyl (C=O) groups excluding carboxylic acids is 1. The van der Waals surface area contributed by atoms with E-state index in [1.54, 1.807) is 0 Å². The molecule has 0 radical (unpaired) electrons. The highest BCUT2D eigenvalue weighted by Crippen LogP contribution is 2.27. The van der Waals surface area contributed by atoms with Crippen molar-refractivity contribution in [3.8, 4) is 0 Å². The fraction of sp³-hybridized carbons (Fsp3) is 0.917. The number of rotatable bonds is 3. The van der Waals surface area contributed by atoms with Gasteiger partial charge in [-0.2, -0.15) is 0 Å². The van der Waals surface area contributed by atoms with Crippen LogP contribution < -0.4 is 5.48 Å². The van der Waals surface area contributed by atoms with Gasteiger partial charge in [0.1, 0.15) is 0 Å². The Bertz CT molecular complexity index is 211. The lowest BCUT2D eigenvalue weighted by atomic mass is 9.80. The van der Waals surface area contributed by atoms with E-state index in [2.05, 4.69) is 33.2 Å². The summed E-state index contributed by atoms with van der Waals surface area (Å²) in [5, 5.41) is 0. The number of carbonyl (C=O) groups is 1. The molecule has 0 aromatic heterocycles. The minimum absolute atomic E-state index is 0.0488. The molecule has 0 aromatic carbocycles.